The molecule has 7 heteroatoms. The van der Waals surface area contributed by atoms with Gasteiger partial charge in [0.05, 0.1) is 6.54 Å². The van der Waals surface area contributed by atoms with E-state index in [1.807, 2.05) is 13.8 Å². The molecule has 99 valence electrons. The Hall–Kier alpha value is -0.456. The number of hydrogen-bond donors (Lipinski definition) is 2. The van der Waals surface area contributed by atoms with E-state index in [0.29, 0.717) is 13.0 Å². The van der Waals surface area contributed by atoms with E-state index in [4.69, 9.17) is 0 Å². The zero-order chi connectivity index (χ0) is 13.0. The van der Waals surface area contributed by atoms with Crippen molar-refractivity contribution in [2.75, 3.05) is 18.8 Å². The molecule has 1 radical (unpaired) electrons. The molecule has 0 aliphatic heterocycles. The van der Waals surface area contributed by atoms with Crippen molar-refractivity contribution >= 4 is 30.2 Å². The molecule has 0 bridgehead atoms. The van der Waals surface area contributed by atoms with E-state index in [1.165, 1.54) is 6.92 Å². The van der Waals surface area contributed by atoms with Crippen LogP contribution >= 0.6 is 0 Å². The SMILES string of the molecule is CC.CC(=O)CCNC(=O)CNC(=O)C[S-].[V]. The molecule has 0 saturated heterocycles. The van der Waals surface area contributed by atoms with Crippen molar-refractivity contribution in [1.29, 1.82) is 0 Å². The Morgan fingerprint density at radius 2 is 1.59 bits per heavy atom. The molecule has 17 heavy (non-hydrogen) atoms. The molecule has 0 aliphatic rings. The number of carbonyl (C=O) groups excluding carboxylic acids is 3. The van der Waals surface area contributed by atoms with Crippen molar-refractivity contribution in [2.24, 2.45) is 0 Å². The fraction of sp³-hybridized carbons (Fsp3) is 0.700. The third-order valence-corrected chi connectivity index (χ3v) is 1.64. The van der Waals surface area contributed by atoms with Gasteiger partial charge in [-0.1, -0.05) is 19.6 Å². The van der Waals surface area contributed by atoms with E-state index in [0.717, 1.165) is 0 Å². The van der Waals surface area contributed by atoms with Crippen LogP contribution in [0, 0.1) is 0 Å². The molecule has 0 aromatic heterocycles. The Morgan fingerprint density at radius 3 is 2.00 bits per heavy atom. The monoisotopic (exact) mass is 298 g/mol. The van der Waals surface area contributed by atoms with Crippen LogP contribution in [-0.4, -0.2) is 36.4 Å². The van der Waals surface area contributed by atoms with Crippen LogP contribution < -0.4 is 10.6 Å². The normalized spacial score (nSPS) is 8.00. The average Bonchev–Trinajstić information content (AvgIpc) is 2.28. The molecule has 0 spiro atoms. The minimum absolute atomic E-state index is 0. The summed E-state index contributed by atoms with van der Waals surface area (Å²) in [5.41, 5.74) is 0. The van der Waals surface area contributed by atoms with Gasteiger partial charge in [0, 0.05) is 31.5 Å². The molecule has 2 N–H and O–H groups in total. The summed E-state index contributed by atoms with van der Waals surface area (Å²) in [6, 6.07) is 0. The summed E-state index contributed by atoms with van der Waals surface area (Å²) >= 11 is 4.46. The van der Waals surface area contributed by atoms with Gasteiger partial charge in [0.15, 0.2) is 5.91 Å². The van der Waals surface area contributed by atoms with Gasteiger partial charge in [-0.3, -0.25) is 14.4 Å². The molecule has 0 aromatic carbocycles. The summed E-state index contributed by atoms with van der Waals surface area (Å²) < 4.78 is 0. The van der Waals surface area contributed by atoms with Gasteiger partial charge in [-0.15, -0.1) is 0 Å². The molecule has 0 aromatic rings. The molecule has 5 nitrogen and oxygen atoms in total. The summed E-state index contributed by atoms with van der Waals surface area (Å²) in [6.07, 6.45) is 0.306. The van der Waals surface area contributed by atoms with E-state index >= 15 is 0 Å². The van der Waals surface area contributed by atoms with Gasteiger partial charge in [0.2, 0.25) is 5.91 Å². The van der Waals surface area contributed by atoms with Crippen LogP contribution in [0.5, 0.6) is 0 Å². The van der Waals surface area contributed by atoms with Crippen LogP contribution in [0.15, 0.2) is 0 Å². The fourth-order valence-corrected chi connectivity index (χ4v) is 0.772. The number of carbonyl (C=O) groups is 3. The van der Waals surface area contributed by atoms with Crippen LogP contribution in [0.4, 0.5) is 0 Å². The van der Waals surface area contributed by atoms with E-state index < -0.39 is 0 Å². The minimum atomic E-state index is -0.346. The predicted octanol–water partition coefficient (Wildman–Crippen LogP) is -0.231. The summed E-state index contributed by atoms with van der Waals surface area (Å²) in [7, 11) is 0. The quantitative estimate of drug-likeness (QED) is 0.664. The first-order valence-corrected chi connectivity index (χ1v) is 5.75. The van der Waals surface area contributed by atoms with Crippen molar-refractivity contribution in [2.45, 2.75) is 27.2 Å². The zero-order valence-electron chi connectivity index (χ0n) is 10.4. The zero-order valence-corrected chi connectivity index (χ0v) is 12.6. The third kappa shape index (κ3) is 18.1. The summed E-state index contributed by atoms with van der Waals surface area (Å²) in [6.45, 7) is 5.66. The summed E-state index contributed by atoms with van der Waals surface area (Å²) in [5, 5.41) is 4.82. The van der Waals surface area contributed by atoms with Crippen molar-refractivity contribution in [3.63, 3.8) is 0 Å². The molecule has 0 heterocycles. The van der Waals surface area contributed by atoms with Crippen LogP contribution in [0.25, 0.3) is 0 Å². The van der Waals surface area contributed by atoms with Gasteiger partial charge < -0.3 is 23.3 Å². The smallest absolute Gasteiger partial charge is 0.239 e. The van der Waals surface area contributed by atoms with Gasteiger partial charge >= 0.3 is 0 Å². The van der Waals surface area contributed by atoms with Crippen molar-refractivity contribution in [3.8, 4) is 0 Å². The van der Waals surface area contributed by atoms with Crippen molar-refractivity contribution in [3.05, 3.63) is 0 Å². The maximum atomic E-state index is 11.0. The Bertz CT molecular complexity index is 238. The maximum absolute atomic E-state index is 11.0. The Kier molecular flexibility index (Phi) is 19.9. The van der Waals surface area contributed by atoms with Crippen LogP contribution in [0.1, 0.15) is 27.2 Å². The molecular weight excluding hydrogens is 279 g/mol. The molecule has 0 saturated carbocycles. The van der Waals surface area contributed by atoms with Crippen LogP contribution in [0.2, 0.25) is 0 Å². The van der Waals surface area contributed by atoms with Crippen molar-refractivity contribution in [1.82, 2.24) is 10.6 Å². The fourth-order valence-electron chi connectivity index (χ4n) is 0.670. The van der Waals surface area contributed by atoms with Gasteiger partial charge in [-0.05, 0) is 6.92 Å². The van der Waals surface area contributed by atoms with Gasteiger partial charge in [-0.25, -0.2) is 0 Å². The molecule has 0 atom stereocenters. The van der Waals surface area contributed by atoms with Crippen LogP contribution in [0.3, 0.4) is 0 Å². The standard InChI is InChI=1S/C8H14N2O3S.C2H6.V/c1-6(11)2-3-9-7(12)4-10-8(13)5-14;1-2;/h14H,2-5H2,1H3,(H,9,12)(H,10,13);1-2H3;/p-1. The first kappa shape index (κ1) is 21.8. The molecular formula is C10H19N2O3SV-. The Balaban J connectivity index is -0.000000616. The number of ketones is 1. The molecule has 0 fully saturated rings. The second-order valence-corrected chi connectivity index (χ2v) is 3.01. The summed E-state index contributed by atoms with van der Waals surface area (Å²) in [5.74, 6) is -0.703. The maximum Gasteiger partial charge on any atom is 0.239 e. The van der Waals surface area contributed by atoms with Gasteiger partial charge in [0.25, 0.3) is 0 Å². The van der Waals surface area contributed by atoms with E-state index in [9.17, 15) is 14.4 Å². The average molecular weight is 298 g/mol. The second-order valence-electron chi connectivity index (χ2n) is 2.72. The largest absolute Gasteiger partial charge is 0.783 e. The molecule has 2 amide bonds. The summed E-state index contributed by atoms with van der Waals surface area (Å²) in [4.78, 5) is 32.1. The Morgan fingerprint density at radius 1 is 1.06 bits per heavy atom. The number of amides is 2. The number of hydrogen-bond acceptors (Lipinski definition) is 4. The number of Topliss-reactive ketones (excluding diaryl/α,β-unsaturated/α-hetero) is 1. The van der Waals surface area contributed by atoms with Gasteiger partial charge in [-0.2, -0.15) is 0 Å². The first-order valence-electron chi connectivity index (χ1n) is 5.17. The van der Waals surface area contributed by atoms with Gasteiger partial charge in [0.1, 0.15) is 5.78 Å². The van der Waals surface area contributed by atoms with Crippen molar-refractivity contribution < 1.29 is 32.9 Å². The Labute approximate surface area is 120 Å². The molecule has 0 aliphatic carbocycles. The van der Waals surface area contributed by atoms with Crippen LogP contribution in [-0.2, 0) is 45.6 Å². The van der Waals surface area contributed by atoms with E-state index in [2.05, 4.69) is 23.3 Å². The second kappa shape index (κ2) is 15.5. The van der Waals surface area contributed by atoms with E-state index in [1.54, 1.807) is 0 Å². The molecule has 0 rings (SSSR count). The minimum Gasteiger partial charge on any atom is -0.783 e. The first-order chi connectivity index (χ1) is 7.56. The molecule has 0 unspecified atom stereocenters. The predicted molar refractivity (Wildman–Crippen MR) is 64.9 cm³/mol. The third-order valence-electron chi connectivity index (χ3n) is 1.38. The number of rotatable bonds is 6. The topological polar surface area (TPSA) is 75.3 Å². The van der Waals surface area contributed by atoms with E-state index in [-0.39, 0.29) is 48.5 Å². The number of nitrogens with one attached hydrogen (secondary N) is 2.